The van der Waals surface area contributed by atoms with Crippen molar-refractivity contribution in [2.75, 3.05) is 20.3 Å². The van der Waals surface area contributed by atoms with Crippen LogP contribution in [0.4, 0.5) is 17.6 Å². The molecule has 0 aromatic heterocycles. The van der Waals surface area contributed by atoms with E-state index in [-0.39, 0.29) is 30.1 Å². The minimum absolute atomic E-state index is 0.0613. The maximum Gasteiger partial charge on any atom is 0.417 e. The molecule has 0 aliphatic carbocycles. The average Bonchev–Trinajstić information content (AvgIpc) is 2.85. The van der Waals surface area contributed by atoms with E-state index in [1.54, 1.807) is 0 Å². The van der Waals surface area contributed by atoms with Crippen LogP contribution in [-0.2, 0) is 14.3 Å². The summed E-state index contributed by atoms with van der Waals surface area (Å²) in [5, 5.41) is -1.05. The van der Waals surface area contributed by atoms with Gasteiger partial charge in [0.15, 0.2) is 5.60 Å². The summed E-state index contributed by atoms with van der Waals surface area (Å²) in [7, 11) is 1.45. The molecule has 0 N–H and O–H groups in total. The molecule has 0 amide bonds. The van der Waals surface area contributed by atoms with Crippen LogP contribution in [0.15, 0.2) is 12.1 Å². The van der Waals surface area contributed by atoms with Crippen molar-refractivity contribution in [3.8, 4) is 5.75 Å². The van der Waals surface area contributed by atoms with Gasteiger partial charge in [-0.25, -0.2) is 4.39 Å². The first-order chi connectivity index (χ1) is 12.5. The maximum absolute atomic E-state index is 14.0. The van der Waals surface area contributed by atoms with Gasteiger partial charge < -0.3 is 14.2 Å². The van der Waals surface area contributed by atoms with Gasteiger partial charge in [0.2, 0.25) is 0 Å². The number of carbonyl (C=O) groups excluding carboxylic acids is 1. The largest absolute Gasteiger partial charge is 0.491 e. The Morgan fingerprint density at radius 1 is 1.33 bits per heavy atom. The van der Waals surface area contributed by atoms with Gasteiger partial charge in [-0.1, -0.05) is 13.0 Å². The van der Waals surface area contributed by atoms with E-state index in [1.165, 1.54) is 27.0 Å². The lowest BCUT2D eigenvalue weighted by Crippen LogP contribution is -2.47. The fourth-order valence-electron chi connectivity index (χ4n) is 3.36. The minimum Gasteiger partial charge on any atom is -0.491 e. The zero-order chi connectivity index (χ0) is 20.6. The number of benzene rings is 1. The zero-order valence-corrected chi connectivity index (χ0v) is 16.1. The Morgan fingerprint density at radius 3 is 2.48 bits per heavy atom. The van der Waals surface area contributed by atoms with Crippen LogP contribution < -0.4 is 4.74 Å². The van der Waals surface area contributed by atoms with Gasteiger partial charge in [-0.3, -0.25) is 4.79 Å². The first-order valence-corrected chi connectivity index (χ1v) is 8.68. The van der Waals surface area contributed by atoms with Gasteiger partial charge >= 0.3 is 6.18 Å². The summed E-state index contributed by atoms with van der Waals surface area (Å²) in [5.74, 6) is -2.73. The standard InChI is InChI=1S/C18H21ClF4O4/c1-9-12(20)6-5-11(14(9)26-8-7-25-4)13-10(2)17(3,18(21,22)23)27-15(13)16(19)24/h5-6,10,13,15H,7-8H2,1-4H3. The van der Waals surface area contributed by atoms with Crippen LogP contribution in [0.3, 0.4) is 0 Å². The highest BCUT2D eigenvalue weighted by Crippen LogP contribution is 2.55. The van der Waals surface area contributed by atoms with Crippen molar-refractivity contribution in [2.24, 2.45) is 5.92 Å². The van der Waals surface area contributed by atoms with Crippen molar-refractivity contribution in [2.45, 2.75) is 44.6 Å². The molecule has 1 fully saturated rings. The summed E-state index contributed by atoms with van der Waals surface area (Å²) in [6.45, 7) is 3.92. The molecular formula is C18H21ClF4O4. The van der Waals surface area contributed by atoms with Gasteiger partial charge in [-0.15, -0.1) is 0 Å². The molecule has 1 aromatic rings. The third kappa shape index (κ3) is 3.93. The van der Waals surface area contributed by atoms with E-state index < -0.39 is 40.8 Å². The Bertz CT molecular complexity index is 709. The Morgan fingerprint density at radius 2 is 1.96 bits per heavy atom. The SMILES string of the molecule is COCCOc1c(C2C(C(=O)Cl)OC(C)(C(F)(F)F)C2C)ccc(F)c1C. The summed E-state index contributed by atoms with van der Waals surface area (Å²) < 4.78 is 70.5. The topological polar surface area (TPSA) is 44.8 Å². The summed E-state index contributed by atoms with van der Waals surface area (Å²) in [6.07, 6.45) is -6.26. The van der Waals surface area contributed by atoms with Gasteiger partial charge in [-0.2, -0.15) is 13.2 Å². The van der Waals surface area contributed by atoms with Gasteiger partial charge in [-0.05, 0) is 31.5 Å². The molecule has 2 rings (SSSR count). The Labute approximate surface area is 159 Å². The number of rotatable bonds is 6. The van der Waals surface area contributed by atoms with E-state index in [4.69, 9.17) is 25.8 Å². The molecule has 0 radical (unpaired) electrons. The van der Waals surface area contributed by atoms with E-state index in [9.17, 15) is 22.4 Å². The quantitative estimate of drug-likeness (QED) is 0.395. The zero-order valence-electron chi connectivity index (χ0n) is 15.3. The molecule has 152 valence electrons. The molecule has 0 bridgehead atoms. The summed E-state index contributed by atoms with van der Waals surface area (Å²) in [4.78, 5) is 11.9. The second kappa shape index (κ2) is 7.93. The van der Waals surface area contributed by atoms with Crippen molar-refractivity contribution in [1.82, 2.24) is 0 Å². The van der Waals surface area contributed by atoms with Crippen LogP contribution in [0.1, 0.15) is 30.9 Å². The van der Waals surface area contributed by atoms with Crippen molar-refractivity contribution < 1.29 is 36.6 Å². The van der Waals surface area contributed by atoms with Crippen molar-refractivity contribution in [3.63, 3.8) is 0 Å². The maximum atomic E-state index is 14.0. The predicted molar refractivity (Wildman–Crippen MR) is 90.6 cm³/mol. The molecule has 1 aromatic carbocycles. The van der Waals surface area contributed by atoms with Gasteiger partial charge in [0.05, 0.1) is 6.61 Å². The van der Waals surface area contributed by atoms with Crippen LogP contribution in [0.5, 0.6) is 5.75 Å². The van der Waals surface area contributed by atoms with Gasteiger partial charge in [0.1, 0.15) is 24.3 Å². The van der Waals surface area contributed by atoms with Crippen LogP contribution in [0.25, 0.3) is 0 Å². The first-order valence-electron chi connectivity index (χ1n) is 8.30. The molecule has 1 heterocycles. The molecular weight excluding hydrogens is 392 g/mol. The number of carbonyl (C=O) groups is 1. The minimum atomic E-state index is -4.72. The highest BCUT2D eigenvalue weighted by atomic mass is 35.5. The highest BCUT2D eigenvalue weighted by molar-refractivity contribution is 6.64. The van der Waals surface area contributed by atoms with E-state index in [2.05, 4.69) is 0 Å². The molecule has 27 heavy (non-hydrogen) atoms. The molecule has 0 saturated carbocycles. The fraction of sp³-hybridized carbons (Fsp3) is 0.611. The van der Waals surface area contributed by atoms with E-state index in [0.29, 0.717) is 0 Å². The molecule has 4 unspecified atom stereocenters. The number of halogens is 5. The van der Waals surface area contributed by atoms with E-state index >= 15 is 0 Å². The lowest BCUT2D eigenvalue weighted by Gasteiger charge is -2.32. The van der Waals surface area contributed by atoms with Crippen molar-refractivity contribution in [3.05, 3.63) is 29.1 Å². The van der Waals surface area contributed by atoms with Crippen LogP contribution >= 0.6 is 11.6 Å². The van der Waals surface area contributed by atoms with E-state index in [1.807, 2.05) is 0 Å². The Balaban J connectivity index is 2.57. The summed E-state index contributed by atoms with van der Waals surface area (Å²) >= 11 is 5.56. The Kier molecular flexibility index (Phi) is 6.44. The molecule has 4 atom stereocenters. The molecule has 4 nitrogen and oxygen atoms in total. The summed E-state index contributed by atoms with van der Waals surface area (Å²) in [6, 6.07) is 2.43. The molecule has 1 saturated heterocycles. The lowest BCUT2D eigenvalue weighted by atomic mass is 9.77. The third-order valence-corrected chi connectivity index (χ3v) is 5.37. The number of methoxy groups -OCH3 is 1. The fourth-order valence-corrected chi connectivity index (χ4v) is 3.54. The molecule has 1 aliphatic heterocycles. The van der Waals surface area contributed by atoms with Crippen LogP contribution in [0, 0.1) is 18.7 Å². The first kappa shape index (κ1) is 21.9. The van der Waals surface area contributed by atoms with Crippen LogP contribution in [0.2, 0.25) is 0 Å². The number of ether oxygens (including phenoxy) is 3. The van der Waals surface area contributed by atoms with Crippen molar-refractivity contribution in [1.29, 1.82) is 0 Å². The van der Waals surface area contributed by atoms with Crippen molar-refractivity contribution >= 4 is 16.8 Å². The number of alkyl halides is 3. The average molecular weight is 413 g/mol. The third-order valence-electron chi connectivity index (χ3n) is 5.16. The van der Waals surface area contributed by atoms with Gasteiger partial charge in [0.25, 0.3) is 5.24 Å². The monoisotopic (exact) mass is 412 g/mol. The number of hydrogen-bond acceptors (Lipinski definition) is 4. The van der Waals surface area contributed by atoms with E-state index in [0.717, 1.165) is 13.0 Å². The Hall–Kier alpha value is -1.38. The highest BCUT2D eigenvalue weighted by Gasteiger charge is 2.65. The smallest absolute Gasteiger partial charge is 0.417 e. The number of hydrogen-bond donors (Lipinski definition) is 0. The second-order valence-corrected chi connectivity index (χ2v) is 7.07. The summed E-state index contributed by atoms with van der Waals surface area (Å²) in [5.41, 5.74) is -2.22. The molecule has 0 spiro atoms. The molecule has 9 heteroatoms. The van der Waals surface area contributed by atoms with Crippen LogP contribution in [-0.4, -0.2) is 43.4 Å². The normalized spacial score (nSPS) is 28.4. The second-order valence-electron chi connectivity index (χ2n) is 6.69. The lowest BCUT2D eigenvalue weighted by molar-refractivity contribution is -0.271. The predicted octanol–water partition coefficient (Wildman–Crippen LogP) is 4.36. The molecule has 1 aliphatic rings. The van der Waals surface area contributed by atoms with Gasteiger partial charge in [0, 0.05) is 30.1 Å².